The van der Waals surface area contributed by atoms with Crippen molar-refractivity contribution in [1.29, 1.82) is 0 Å². The molecule has 0 spiro atoms. The smallest absolute Gasteiger partial charge is 0.265 e. The van der Waals surface area contributed by atoms with Gasteiger partial charge >= 0.3 is 0 Å². The van der Waals surface area contributed by atoms with Crippen LogP contribution in [0, 0.1) is 0 Å². The largest absolute Gasteiger partial charge is 0.545 e. The van der Waals surface area contributed by atoms with E-state index in [9.17, 15) is 14.7 Å². The van der Waals surface area contributed by atoms with E-state index in [4.69, 9.17) is 4.42 Å². The lowest BCUT2D eigenvalue weighted by Crippen LogP contribution is -2.38. The second kappa shape index (κ2) is 6.23. The molecule has 1 aliphatic rings. The molecular formula is C17H13N2O4-. The molecule has 1 aliphatic heterocycles. The van der Waals surface area contributed by atoms with Crippen LogP contribution in [0.1, 0.15) is 17.4 Å². The Labute approximate surface area is 132 Å². The molecule has 6 nitrogen and oxygen atoms in total. The van der Waals surface area contributed by atoms with Crippen LogP contribution in [0.4, 0.5) is 0 Å². The van der Waals surface area contributed by atoms with E-state index in [-0.39, 0.29) is 0 Å². The molecule has 2 aromatic rings. The molecule has 0 aliphatic carbocycles. The summed E-state index contributed by atoms with van der Waals surface area (Å²) in [5.74, 6) is -1.38. The molecule has 1 aromatic carbocycles. The van der Waals surface area contributed by atoms with Crippen molar-refractivity contribution in [3.05, 3.63) is 78.3 Å². The van der Waals surface area contributed by atoms with Crippen molar-refractivity contribution < 1.29 is 19.1 Å². The Morgan fingerprint density at radius 2 is 1.91 bits per heavy atom. The van der Waals surface area contributed by atoms with Gasteiger partial charge in [0.15, 0.2) is 0 Å². The van der Waals surface area contributed by atoms with Crippen molar-refractivity contribution in [2.24, 2.45) is 0 Å². The Hall–Kier alpha value is -3.28. The van der Waals surface area contributed by atoms with Gasteiger partial charge in [0.05, 0.1) is 17.9 Å². The first-order valence-corrected chi connectivity index (χ1v) is 6.95. The molecule has 1 aromatic heterocycles. The fraction of sp³-hybridized carbons (Fsp3) is 0.0588. The van der Waals surface area contributed by atoms with Gasteiger partial charge in [-0.15, -0.1) is 0 Å². The summed E-state index contributed by atoms with van der Waals surface area (Å²) in [6.07, 6.45) is 5.01. The van der Waals surface area contributed by atoms with Crippen LogP contribution in [0.25, 0.3) is 5.70 Å². The van der Waals surface area contributed by atoms with Gasteiger partial charge in [-0.05, 0) is 29.8 Å². The lowest BCUT2D eigenvalue weighted by molar-refractivity contribution is -0.297. The molecule has 0 saturated carbocycles. The number of aliphatic carboxylic acids is 1. The van der Waals surface area contributed by atoms with Crippen LogP contribution in [-0.4, -0.2) is 16.9 Å². The van der Waals surface area contributed by atoms with E-state index >= 15 is 0 Å². The molecule has 0 bridgehead atoms. The van der Waals surface area contributed by atoms with E-state index in [0.717, 1.165) is 17.3 Å². The number of carbonyl (C=O) groups excluding carboxylic acids is 2. The molecule has 0 unspecified atom stereocenters. The number of carbonyl (C=O) groups is 2. The van der Waals surface area contributed by atoms with Gasteiger partial charge < -0.3 is 14.3 Å². The Morgan fingerprint density at radius 1 is 1.13 bits per heavy atom. The van der Waals surface area contributed by atoms with Gasteiger partial charge in [0.1, 0.15) is 11.8 Å². The predicted molar refractivity (Wildman–Crippen MR) is 80.0 cm³/mol. The number of rotatable bonds is 4. The monoisotopic (exact) mass is 309 g/mol. The number of hydrazine groups is 1. The van der Waals surface area contributed by atoms with Gasteiger partial charge in [-0.2, -0.15) is 0 Å². The number of carboxylic acid groups (broad SMARTS) is 1. The van der Waals surface area contributed by atoms with Crippen molar-refractivity contribution in [3.63, 3.8) is 0 Å². The maximum atomic E-state index is 12.2. The van der Waals surface area contributed by atoms with Gasteiger partial charge in [-0.1, -0.05) is 30.3 Å². The summed E-state index contributed by atoms with van der Waals surface area (Å²) < 4.78 is 5.38. The number of amides is 1. The standard InChI is InChI=1S/C17H14N2O4/c20-16(8-9-17(21)22)19-14(15-7-4-10-23-15)11-13(18-19)12-5-2-1-3-6-12/h1-11,14,18H,(H,21,22)/p-1/t14-/m0/s1. The highest BCUT2D eigenvalue weighted by Crippen LogP contribution is 2.31. The van der Waals surface area contributed by atoms with Gasteiger partial charge in [-0.3, -0.25) is 10.2 Å². The molecule has 1 amide bonds. The summed E-state index contributed by atoms with van der Waals surface area (Å²) in [5.41, 5.74) is 4.63. The minimum Gasteiger partial charge on any atom is -0.545 e. The molecule has 2 heterocycles. The Kier molecular flexibility index (Phi) is 3.97. The first kappa shape index (κ1) is 14.6. The van der Waals surface area contributed by atoms with Crippen LogP contribution in [0.3, 0.4) is 0 Å². The average molecular weight is 309 g/mol. The number of nitrogens with zero attached hydrogens (tertiary/aromatic N) is 1. The predicted octanol–water partition coefficient (Wildman–Crippen LogP) is 1.01. The number of nitrogens with one attached hydrogen (secondary N) is 1. The first-order chi connectivity index (χ1) is 11.1. The molecule has 116 valence electrons. The number of carboxylic acids is 1. The van der Waals surface area contributed by atoms with E-state index < -0.39 is 17.9 Å². The van der Waals surface area contributed by atoms with Crippen LogP contribution in [0.15, 0.2) is 71.4 Å². The first-order valence-electron chi connectivity index (χ1n) is 6.95. The molecule has 0 radical (unpaired) electrons. The molecule has 3 rings (SSSR count). The zero-order valence-electron chi connectivity index (χ0n) is 12.0. The third kappa shape index (κ3) is 3.16. The summed E-state index contributed by atoms with van der Waals surface area (Å²) in [4.78, 5) is 22.7. The topological polar surface area (TPSA) is 85.6 Å². The summed E-state index contributed by atoms with van der Waals surface area (Å²) in [6, 6.07) is 12.5. The molecule has 6 heteroatoms. The van der Waals surface area contributed by atoms with Crippen molar-refractivity contribution >= 4 is 17.6 Å². The van der Waals surface area contributed by atoms with E-state index in [1.165, 1.54) is 11.3 Å². The normalized spacial score (nSPS) is 17.1. The molecule has 1 atom stereocenters. The van der Waals surface area contributed by atoms with Gasteiger partial charge in [0.25, 0.3) is 5.91 Å². The van der Waals surface area contributed by atoms with Gasteiger partial charge in [0, 0.05) is 6.08 Å². The minimum absolute atomic E-state index is 0.473. The van der Waals surface area contributed by atoms with E-state index in [2.05, 4.69) is 5.43 Å². The highest BCUT2D eigenvalue weighted by atomic mass is 16.4. The van der Waals surface area contributed by atoms with E-state index in [1.807, 2.05) is 36.4 Å². The van der Waals surface area contributed by atoms with Crippen molar-refractivity contribution in [3.8, 4) is 0 Å². The fourth-order valence-corrected chi connectivity index (χ4v) is 2.33. The lowest BCUT2D eigenvalue weighted by atomic mass is 10.1. The Bertz CT molecular complexity index is 763. The van der Waals surface area contributed by atoms with Crippen LogP contribution in [-0.2, 0) is 9.59 Å². The zero-order valence-corrected chi connectivity index (χ0v) is 12.0. The van der Waals surface area contributed by atoms with Crippen molar-refractivity contribution in [1.82, 2.24) is 10.4 Å². The van der Waals surface area contributed by atoms with Crippen LogP contribution in [0.5, 0.6) is 0 Å². The molecule has 0 fully saturated rings. The molecule has 0 saturated heterocycles. The number of benzene rings is 1. The third-order valence-electron chi connectivity index (χ3n) is 3.36. The van der Waals surface area contributed by atoms with E-state index in [1.54, 1.807) is 12.1 Å². The maximum absolute atomic E-state index is 12.2. The van der Waals surface area contributed by atoms with Crippen LogP contribution in [0.2, 0.25) is 0 Å². The second-order valence-electron chi connectivity index (χ2n) is 4.88. The summed E-state index contributed by atoms with van der Waals surface area (Å²) >= 11 is 0. The quantitative estimate of drug-likeness (QED) is 0.852. The molecule has 23 heavy (non-hydrogen) atoms. The Morgan fingerprint density at radius 3 is 2.57 bits per heavy atom. The summed E-state index contributed by atoms with van der Waals surface area (Å²) in [5, 5.41) is 11.8. The third-order valence-corrected chi connectivity index (χ3v) is 3.36. The van der Waals surface area contributed by atoms with E-state index in [0.29, 0.717) is 11.8 Å². The molecule has 1 N–H and O–H groups in total. The highest BCUT2D eigenvalue weighted by Gasteiger charge is 2.31. The summed E-state index contributed by atoms with van der Waals surface area (Å²) in [7, 11) is 0. The second-order valence-corrected chi connectivity index (χ2v) is 4.88. The number of furan rings is 1. The maximum Gasteiger partial charge on any atom is 0.265 e. The lowest BCUT2D eigenvalue weighted by Gasteiger charge is -2.22. The van der Waals surface area contributed by atoms with Crippen LogP contribution >= 0.6 is 0 Å². The number of hydrogen-bond donors (Lipinski definition) is 1. The fourth-order valence-electron chi connectivity index (χ4n) is 2.33. The van der Waals surface area contributed by atoms with Gasteiger partial charge in [-0.25, -0.2) is 5.01 Å². The SMILES string of the molecule is O=C([O-])C=CC(=O)N1NC(c2ccccc2)=C[C@H]1c1ccco1. The van der Waals surface area contributed by atoms with Gasteiger partial charge in [0.2, 0.25) is 0 Å². The average Bonchev–Trinajstić information content (AvgIpc) is 3.22. The van der Waals surface area contributed by atoms with Crippen molar-refractivity contribution in [2.75, 3.05) is 0 Å². The molecular weight excluding hydrogens is 296 g/mol. The van der Waals surface area contributed by atoms with Crippen molar-refractivity contribution in [2.45, 2.75) is 6.04 Å². The summed E-state index contributed by atoms with van der Waals surface area (Å²) in [6.45, 7) is 0. The Balaban J connectivity index is 1.91. The van der Waals surface area contributed by atoms with Crippen LogP contribution < -0.4 is 10.5 Å². The number of hydrogen-bond acceptors (Lipinski definition) is 5. The zero-order chi connectivity index (χ0) is 16.2. The highest BCUT2D eigenvalue weighted by molar-refractivity contribution is 5.94. The minimum atomic E-state index is -1.43.